The number of H-pyrrole nitrogens is 1. The summed E-state index contributed by atoms with van der Waals surface area (Å²) in [6, 6.07) is 3.32. The molecule has 1 aliphatic rings. The Labute approximate surface area is 115 Å². The Morgan fingerprint density at radius 1 is 1.50 bits per heavy atom. The van der Waals surface area contributed by atoms with Crippen LogP contribution in [0.4, 0.5) is 5.82 Å². The Hall–Kier alpha value is -2.28. The van der Waals surface area contributed by atoms with Crippen molar-refractivity contribution in [2.24, 2.45) is 0 Å². The molecule has 0 aliphatic carbocycles. The van der Waals surface area contributed by atoms with E-state index in [-0.39, 0.29) is 11.7 Å². The van der Waals surface area contributed by atoms with Crippen molar-refractivity contribution in [3.05, 3.63) is 46.5 Å². The predicted octanol–water partition coefficient (Wildman–Crippen LogP) is 0.446. The van der Waals surface area contributed by atoms with Crippen molar-refractivity contribution in [3.63, 3.8) is 0 Å². The van der Waals surface area contributed by atoms with Gasteiger partial charge in [0.25, 0.3) is 5.56 Å². The van der Waals surface area contributed by atoms with Crippen LogP contribution < -0.4 is 10.5 Å². The van der Waals surface area contributed by atoms with E-state index in [1.54, 1.807) is 13.1 Å². The summed E-state index contributed by atoms with van der Waals surface area (Å²) in [5, 5.41) is 0. The van der Waals surface area contributed by atoms with E-state index >= 15 is 0 Å². The van der Waals surface area contributed by atoms with Gasteiger partial charge >= 0.3 is 0 Å². The molecule has 3 heterocycles. The van der Waals surface area contributed by atoms with E-state index in [0.29, 0.717) is 24.7 Å². The molecule has 0 bridgehead atoms. The predicted molar refractivity (Wildman–Crippen MR) is 72.5 cm³/mol. The van der Waals surface area contributed by atoms with Gasteiger partial charge in [-0.05, 0) is 13.0 Å². The monoisotopic (exact) mass is 273 g/mol. The summed E-state index contributed by atoms with van der Waals surface area (Å²) in [4.78, 5) is 28.8. The van der Waals surface area contributed by atoms with Gasteiger partial charge in [-0.2, -0.15) is 0 Å². The fraction of sp³-hybridized carbons (Fsp3) is 0.385. The topological polar surface area (TPSA) is 84.0 Å². The number of hydrogen-bond donors (Lipinski definition) is 1. The van der Waals surface area contributed by atoms with Gasteiger partial charge in [0, 0.05) is 24.5 Å². The van der Waals surface area contributed by atoms with E-state index in [1.165, 1.54) is 12.4 Å². The van der Waals surface area contributed by atoms with Crippen molar-refractivity contribution in [1.82, 2.24) is 19.9 Å². The summed E-state index contributed by atoms with van der Waals surface area (Å²) < 4.78 is 5.71. The second-order valence-electron chi connectivity index (χ2n) is 4.65. The van der Waals surface area contributed by atoms with Gasteiger partial charge in [0.1, 0.15) is 24.1 Å². The van der Waals surface area contributed by atoms with Gasteiger partial charge in [0.05, 0.1) is 13.2 Å². The summed E-state index contributed by atoms with van der Waals surface area (Å²) in [5.41, 5.74) is 0.529. The molecule has 0 unspecified atom stereocenters. The third-order valence-electron chi connectivity index (χ3n) is 3.15. The van der Waals surface area contributed by atoms with Crippen LogP contribution in [0.25, 0.3) is 0 Å². The van der Waals surface area contributed by atoms with Crippen molar-refractivity contribution < 1.29 is 4.74 Å². The lowest BCUT2D eigenvalue weighted by atomic mass is 10.2. The molecule has 104 valence electrons. The Bertz CT molecular complexity index is 643. The number of aromatic nitrogens is 4. The van der Waals surface area contributed by atoms with Gasteiger partial charge in [-0.1, -0.05) is 0 Å². The lowest BCUT2D eigenvalue weighted by molar-refractivity contribution is 0.0335. The van der Waals surface area contributed by atoms with E-state index in [4.69, 9.17) is 4.74 Å². The fourth-order valence-electron chi connectivity index (χ4n) is 2.25. The van der Waals surface area contributed by atoms with E-state index in [0.717, 1.165) is 12.4 Å². The van der Waals surface area contributed by atoms with Crippen molar-refractivity contribution in [2.45, 2.75) is 13.0 Å². The molecule has 1 saturated heterocycles. The van der Waals surface area contributed by atoms with Gasteiger partial charge < -0.3 is 14.6 Å². The number of nitrogens with zero attached hydrogens (tertiary/aromatic N) is 4. The number of morpholine rings is 1. The first-order chi connectivity index (χ1) is 9.72. The number of anilines is 1. The summed E-state index contributed by atoms with van der Waals surface area (Å²) in [7, 11) is 0. The number of rotatable bonds is 2. The molecule has 7 heteroatoms. The molecule has 1 aliphatic heterocycles. The zero-order chi connectivity index (χ0) is 13.9. The molecule has 20 heavy (non-hydrogen) atoms. The minimum atomic E-state index is -0.258. The van der Waals surface area contributed by atoms with E-state index < -0.39 is 0 Å². The number of ether oxygens (including phenoxy) is 1. The van der Waals surface area contributed by atoms with Crippen LogP contribution in [0.1, 0.15) is 17.6 Å². The average Bonchev–Trinajstić information content (AvgIpc) is 2.47. The highest BCUT2D eigenvalue weighted by atomic mass is 16.5. The largest absolute Gasteiger partial charge is 0.367 e. The van der Waals surface area contributed by atoms with Crippen molar-refractivity contribution in [2.75, 3.05) is 24.6 Å². The molecule has 1 fully saturated rings. The lowest BCUT2D eigenvalue weighted by Gasteiger charge is -2.33. The third-order valence-corrected chi connectivity index (χ3v) is 3.15. The summed E-state index contributed by atoms with van der Waals surface area (Å²) in [6.07, 6.45) is 2.97. The quantitative estimate of drug-likeness (QED) is 0.855. The third kappa shape index (κ3) is 2.67. The van der Waals surface area contributed by atoms with Gasteiger partial charge in [-0.15, -0.1) is 0 Å². The van der Waals surface area contributed by atoms with Crippen LogP contribution in [-0.4, -0.2) is 39.6 Å². The Morgan fingerprint density at radius 2 is 2.40 bits per heavy atom. The molecule has 1 N–H and O–H groups in total. The minimum absolute atomic E-state index is 0.157. The van der Waals surface area contributed by atoms with Crippen LogP contribution in [0.15, 0.2) is 29.5 Å². The summed E-state index contributed by atoms with van der Waals surface area (Å²) in [5.74, 6) is 1.41. The Morgan fingerprint density at radius 3 is 3.15 bits per heavy atom. The molecular formula is C13H15N5O2. The van der Waals surface area contributed by atoms with Crippen LogP contribution in [0.5, 0.6) is 0 Å². The van der Waals surface area contributed by atoms with Crippen molar-refractivity contribution in [1.29, 1.82) is 0 Å². The van der Waals surface area contributed by atoms with Crippen LogP contribution in [-0.2, 0) is 4.74 Å². The molecule has 7 nitrogen and oxygen atoms in total. The number of aromatic amines is 1. The van der Waals surface area contributed by atoms with E-state index in [2.05, 4.69) is 24.8 Å². The lowest BCUT2D eigenvalue weighted by Crippen LogP contribution is -2.40. The molecule has 2 aromatic heterocycles. The molecule has 0 amide bonds. The molecule has 3 rings (SSSR count). The molecular weight excluding hydrogens is 258 g/mol. The molecule has 0 radical (unpaired) electrons. The highest BCUT2D eigenvalue weighted by Gasteiger charge is 2.24. The molecule has 1 atom stereocenters. The van der Waals surface area contributed by atoms with Crippen LogP contribution in [0.3, 0.4) is 0 Å². The van der Waals surface area contributed by atoms with Crippen LogP contribution in [0, 0.1) is 6.92 Å². The molecule has 0 aromatic carbocycles. The van der Waals surface area contributed by atoms with Gasteiger partial charge in [0.2, 0.25) is 0 Å². The normalized spacial score (nSPS) is 19.1. The summed E-state index contributed by atoms with van der Waals surface area (Å²) in [6.45, 7) is 3.71. The van der Waals surface area contributed by atoms with Crippen molar-refractivity contribution >= 4 is 5.82 Å². The van der Waals surface area contributed by atoms with Crippen LogP contribution >= 0.6 is 0 Å². The van der Waals surface area contributed by atoms with Gasteiger partial charge in [0.15, 0.2) is 0 Å². The zero-order valence-electron chi connectivity index (χ0n) is 11.1. The fourth-order valence-corrected chi connectivity index (χ4v) is 2.25. The van der Waals surface area contributed by atoms with Gasteiger partial charge in [-0.3, -0.25) is 4.79 Å². The SMILES string of the molecule is Cc1cc(=O)[nH]c([C@H]2CN(c3ccncn3)CCO2)n1. The zero-order valence-corrected chi connectivity index (χ0v) is 11.1. The second-order valence-corrected chi connectivity index (χ2v) is 4.65. The maximum Gasteiger partial charge on any atom is 0.251 e. The van der Waals surface area contributed by atoms with Crippen LogP contribution in [0.2, 0.25) is 0 Å². The first kappa shape index (κ1) is 12.7. The number of aryl methyl sites for hydroxylation is 1. The van der Waals surface area contributed by atoms with E-state index in [9.17, 15) is 4.79 Å². The first-order valence-corrected chi connectivity index (χ1v) is 6.43. The second kappa shape index (κ2) is 5.38. The van der Waals surface area contributed by atoms with Crippen molar-refractivity contribution in [3.8, 4) is 0 Å². The molecule has 0 saturated carbocycles. The smallest absolute Gasteiger partial charge is 0.251 e. The Kier molecular flexibility index (Phi) is 3.42. The highest BCUT2D eigenvalue weighted by Crippen LogP contribution is 2.21. The molecule has 0 spiro atoms. The average molecular weight is 273 g/mol. The summed E-state index contributed by atoms with van der Waals surface area (Å²) >= 11 is 0. The highest BCUT2D eigenvalue weighted by molar-refractivity contribution is 5.37. The number of hydrogen-bond acceptors (Lipinski definition) is 6. The minimum Gasteiger partial charge on any atom is -0.367 e. The maximum atomic E-state index is 11.5. The first-order valence-electron chi connectivity index (χ1n) is 6.43. The number of nitrogens with one attached hydrogen (secondary N) is 1. The van der Waals surface area contributed by atoms with Gasteiger partial charge in [-0.25, -0.2) is 15.0 Å². The molecule has 2 aromatic rings. The Balaban J connectivity index is 1.83. The maximum absolute atomic E-state index is 11.5. The standard InChI is InChI=1S/C13H15N5O2/c1-9-6-12(19)17-13(16-9)10-7-18(4-5-20-10)11-2-3-14-8-15-11/h2-3,6,8,10H,4-5,7H2,1H3,(H,16,17,19)/t10-/m1/s1. The van der Waals surface area contributed by atoms with E-state index in [1.807, 2.05) is 6.07 Å².